The molecule has 0 aliphatic heterocycles. The highest BCUT2D eigenvalue weighted by atomic mass is 35.5. The molecule has 1 aromatic heterocycles. The Kier molecular flexibility index (Phi) is 4.95. The molecular formula is C12H10ClNO4. The van der Waals surface area contributed by atoms with Gasteiger partial charge in [-0.2, -0.15) is 0 Å². The van der Waals surface area contributed by atoms with E-state index >= 15 is 0 Å². The number of carbonyl (C=O) groups is 2. The van der Waals surface area contributed by atoms with Gasteiger partial charge in [-0.1, -0.05) is 29.8 Å². The van der Waals surface area contributed by atoms with Gasteiger partial charge in [0.25, 0.3) is 0 Å². The van der Waals surface area contributed by atoms with Crippen molar-refractivity contribution in [2.24, 2.45) is 0 Å². The van der Waals surface area contributed by atoms with E-state index in [1.54, 1.807) is 0 Å². The van der Waals surface area contributed by atoms with Crippen LogP contribution >= 0.6 is 11.6 Å². The molecule has 3 N–H and O–H groups in total. The van der Waals surface area contributed by atoms with Gasteiger partial charge in [0.05, 0.1) is 0 Å². The molecular weight excluding hydrogens is 258 g/mol. The largest absolute Gasteiger partial charge is 0.478 e. The molecule has 0 amide bonds. The number of fused-ring (bicyclic) bond motifs is 1. The predicted octanol–water partition coefficient (Wildman–Crippen LogP) is 2.53. The molecule has 0 unspecified atom stereocenters. The van der Waals surface area contributed by atoms with Crippen molar-refractivity contribution in [2.45, 2.75) is 0 Å². The van der Waals surface area contributed by atoms with Crippen LogP contribution in [-0.4, -0.2) is 27.1 Å². The lowest BCUT2D eigenvalue weighted by atomic mass is 10.3. The highest BCUT2D eigenvalue weighted by Crippen LogP contribution is 2.17. The van der Waals surface area contributed by atoms with E-state index in [9.17, 15) is 9.59 Å². The summed E-state index contributed by atoms with van der Waals surface area (Å²) in [5.74, 6) is -2.51. The Labute approximate surface area is 107 Å². The molecule has 0 aliphatic carbocycles. The lowest BCUT2D eigenvalue weighted by Crippen LogP contribution is -1.91. The number of aromatic nitrogens is 1. The van der Waals surface area contributed by atoms with Crippen LogP contribution in [0.5, 0.6) is 0 Å². The quantitative estimate of drug-likeness (QED) is 0.729. The van der Waals surface area contributed by atoms with E-state index < -0.39 is 11.9 Å². The first-order valence-corrected chi connectivity index (χ1v) is 5.24. The molecule has 6 heteroatoms. The first-order chi connectivity index (χ1) is 8.49. The molecule has 0 bridgehead atoms. The van der Waals surface area contributed by atoms with E-state index in [0.717, 1.165) is 10.9 Å². The summed E-state index contributed by atoms with van der Waals surface area (Å²) in [5.41, 5.74) is 1.09. The second-order valence-electron chi connectivity index (χ2n) is 3.21. The minimum atomic E-state index is -1.26. The average molecular weight is 268 g/mol. The molecule has 0 radical (unpaired) electrons. The maximum Gasteiger partial charge on any atom is 0.328 e. The molecule has 0 saturated carbocycles. The fourth-order valence-corrected chi connectivity index (χ4v) is 1.40. The Morgan fingerprint density at radius 2 is 1.67 bits per heavy atom. The molecule has 1 aromatic carbocycles. The minimum Gasteiger partial charge on any atom is -0.478 e. The molecule has 0 saturated heterocycles. The van der Waals surface area contributed by atoms with Crippen LogP contribution in [0, 0.1) is 0 Å². The van der Waals surface area contributed by atoms with Crippen LogP contribution in [0.4, 0.5) is 0 Å². The van der Waals surface area contributed by atoms with Crippen molar-refractivity contribution in [1.82, 2.24) is 4.98 Å². The summed E-state index contributed by atoms with van der Waals surface area (Å²) in [6.45, 7) is 0. The monoisotopic (exact) mass is 267 g/mol. The van der Waals surface area contributed by atoms with Crippen molar-refractivity contribution in [2.75, 3.05) is 0 Å². The van der Waals surface area contributed by atoms with Crippen LogP contribution in [0.3, 0.4) is 0 Å². The topological polar surface area (TPSA) is 90.4 Å². The smallest absolute Gasteiger partial charge is 0.328 e. The summed E-state index contributed by atoms with van der Waals surface area (Å²) < 4.78 is 0. The van der Waals surface area contributed by atoms with Crippen molar-refractivity contribution in [3.8, 4) is 0 Å². The summed E-state index contributed by atoms with van der Waals surface area (Å²) >= 11 is 5.73. The molecule has 2 aromatic rings. The Bertz CT molecular complexity index is 540. The maximum atomic E-state index is 9.55. The fraction of sp³-hybridized carbons (Fsp3) is 0. The van der Waals surface area contributed by atoms with E-state index in [-0.39, 0.29) is 0 Å². The SMILES string of the molecule is Clc1cc2ccccc2[nH]1.O=C(O)/C=C/C(=O)O. The number of rotatable bonds is 2. The molecule has 5 nitrogen and oxygen atoms in total. The van der Waals surface area contributed by atoms with Crippen LogP contribution < -0.4 is 0 Å². The van der Waals surface area contributed by atoms with Gasteiger partial charge in [-0.15, -0.1) is 0 Å². The van der Waals surface area contributed by atoms with E-state index in [1.165, 1.54) is 0 Å². The highest BCUT2D eigenvalue weighted by Gasteiger charge is 1.94. The lowest BCUT2D eigenvalue weighted by molar-refractivity contribution is -0.134. The number of benzene rings is 1. The van der Waals surface area contributed by atoms with Gasteiger partial charge in [0.15, 0.2) is 0 Å². The van der Waals surface area contributed by atoms with Crippen LogP contribution in [0.15, 0.2) is 42.5 Å². The number of nitrogens with one attached hydrogen (secondary N) is 1. The lowest BCUT2D eigenvalue weighted by Gasteiger charge is -1.83. The first kappa shape index (κ1) is 13.8. The number of carboxylic acid groups (broad SMARTS) is 2. The number of halogens is 1. The van der Waals surface area contributed by atoms with Crippen molar-refractivity contribution in [3.05, 3.63) is 47.6 Å². The zero-order valence-electron chi connectivity index (χ0n) is 9.13. The number of hydrogen-bond acceptors (Lipinski definition) is 2. The zero-order valence-corrected chi connectivity index (χ0v) is 9.89. The van der Waals surface area contributed by atoms with Crippen LogP contribution in [0.25, 0.3) is 10.9 Å². The van der Waals surface area contributed by atoms with Gasteiger partial charge in [-0.05, 0) is 12.1 Å². The van der Waals surface area contributed by atoms with Gasteiger partial charge in [0, 0.05) is 23.1 Å². The molecule has 0 atom stereocenters. The van der Waals surface area contributed by atoms with Crippen molar-refractivity contribution in [3.63, 3.8) is 0 Å². The van der Waals surface area contributed by atoms with Gasteiger partial charge >= 0.3 is 11.9 Å². The summed E-state index contributed by atoms with van der Waals surface area (Å²) in [4.78, 5) is 22.1. The fourth-order valence-electron chi connectivity index (χ4n) is 1.18. The van der Waals surface area contributed by atoms with E-state index in [0.29, 0.717) is 17.3 Å². The van der Waals surface area contributed by atoms with Gasteiger partial charge in [0.1, 0.15) is 5.15 Å². The normalized spacial score (nSPS) is 10.1. The summed E-state index contributed by atoms with van der Waals surface area (Å²) in [7, 11) is 0. The van der Waals surface area contributed by atoms with Gasteiger partial charge in [-0.25, -0.2) is 9.59 Å². The predicted molar refractivity (Wildman–Crippen MR) is 67.7 cm³/mol. The van der Waals surface area contributed by atoms with Crippen molar-refractivity contribution < 1.29 is 19.8 Å². The number of hydrogen-bond donors (Lipinski definition) is 3. The summed E-state index contributed by atoms with van der Waals surface area (Å²) in [5, 5.41) is 17.5. The number of aliphatic carboxylic acids is 2. The zero-order chi connectivity index (χ0) is 13.5. The van der Waals surface area contributed by atoms with E-state index in [4.69, 9.17) is 21.8 Å². The minimum absolute atomic E-state index is 0.558. The van der Waals surface area contributed by atoms with Crippen LogP contribution in [-0.2, 0) is 9.59 Å². The molecule has 18 heavy (non-hydrogen) atoms. The summed E-state index contributed by atoms with van der Waals surface area (Å²) in [6, 6.07) is 9.91. The highest BCUT2D eigenvalue weighted by molar-refractivity contribution is 6.30. The number of para-hydroxylation sites is 1. The van der Waals surface area contributed by atoms with Gasteiger partial charge in [0.2, 0.25) is 0 Å². The second-order valence-corrected chi connectivity index (χ2v) is 3.62. The number of carboxylic acids is 2. The van der Waals surface area contributed by atoms with E-state index in [2.05, 4.69) is 4.98 Å². The van der Waals surface area contributed by atoms with Crippen molar-refractivity contribution in [1.29, 1.82) is 0 Å². The molecule has 2 rings (SSSR count). The first-order valence-electron chi connectivity index (χ1n) is 4.86. The number of H-pyrrole nitrogens is 1. The molecule has 94 valence electrons. The maximum absolute atomic E-state index is 9.55. The Morgan fingerprint density at radius 3 is 2.17 bits per heavy atom. The van der Waals surface area contributed by atoms with Gasteiger partial charge < -0.3 is 15.2 Å². The third-order valence-corrected chi connectivity index (χ3v) is 2.07. The molecule has 0 fully saturated rings. The van der Waals surface area contributed by atoms with Crippen molar-refractivity contribution >= 4 is 34.4 Å². The van der Waals surface area contributed by atoms with Crippen LogP contribution in [0.2, 0.25) is 5.15 Å². The third kappa shape index (κ3) is 4.71. The molecule has 0 aliphatic rings. The van der Waals surface area contributed by atoms with Gasteiger partial charge in [-0.3, -0.25) is 0 Å². The molecule has 0 spiro atoms. The molecule has 1 heterocycles. The average Bonchev–Trinajstić information content (AvgIpc) is 2.67. The Hall–Kier alpha value is -2.27. The number of aromatic amines is 1. The summed E-state index contributed by atoms with van der Waals surface area (Å²) in [6.07, 6.45) is 1.12. The Morgan fingerprint density at radius 1 is 1.11 bits per heavy atom. The second kappa shape index (κ2) is 6.46. The standard InChI is InChI=1S/C8H6ClN.C4H4O4/c9-8-5-6-3-1-2-4-7(6)10-8;5-3(6)1-2-4(7)8/h1-5,10H;1-2H,(H,5,6)(H,7,8)/b;2-1+. The Balaban J connectivity index is 0.000000187. The van der Waals surface area contributed by atoms with E-state index in [1.807, 2.05) is 30.3 Å². The van der Waals surface area contributed by atoms with Crippen LogP contribution in [0.1, 0.15) is 0 Å². The third-order valence-electron chi connectivity index (χ3n) is 1.87.